The molecule has 5 aliphatic rings. The Morgan fingerprint density at radius 3 is 1.35 bits per heavy atom. The van der Waals surface area contributed by atoms with Gasteiger partial charge in [0.2, 0.25) is 47.3 Å². The minimum Gasteiger partial charge on any atom is -0.397 e. The Morgan fingerprint density at radius 1 is 0.493 bits per heavy atom. The molecule has 16 atom stereocenters. The van der Waals surface area contributed by atoms with Crippen LogP contribution in [0.1, 0.15) is 179 Å². The summed E-state index contributed by atoms with van der Waals surface area (Å²) in [5.41, 5.74) is 10.9. The highest BCUT2D eigenvalue weighted by atomic mass is 31.1. The number of amides is 8. The van der Waals surface area contributed by atoms with Crippen molar-refractivity contribution in [3.63, 3.8) is 0 Å². The van der Waals surface area contributed by atoms with E-state index in [-0.39, 0.29) is 148 Å². The molecule has 5 aliphatic heterocycles. The lowest BCUT2D eigenvalue weighted by molar-refractivity contribution is -0.270. The summed E-state index contributed by atoms with van der Waals surface area (Å²) in [6.45, 7) is 5.34. The number of benzene rings is 2. The third-order valence-corrected chi connectivity index (χ3v) is 24.2. The van der Waals surface area contributed by atoms with Gasteiger partial charge in [-0.15, -0.1) is 0 Å². The number of anilines is 1. The largest absolute Gasteiger partial charge is 0.397 e. The number of aliphatic hydroxyl groups is 9. The van der Waals surface area contributed by atoms with Gasteiger partial charge in [-0.2, -0.15) is 0 Å². The number of ether oxygens (including phenoxy) is 11. The van der Waals surface area contributed by atoms with Crippen molar-refractivity contribution >= 4 is 72.6 Å². The summed E-state index contributed by atoms with van der Waals surface area (Å²) in [4.78, 5) is 108. The number of unbranched alkanes of at least 4 members (excludes halogenated alkanes) is 13. The first-order valence-corrected chi connectivity index (χ1v) is 48.2. The molecule has 758 valence electrons. The lowest BCUT2D eigenvalue weighted by Crippen LogP contribution is -2.64. The molecule has 16 unspecified atom stereocenters. The highest BCUT2D eigenvalue weighted by Gasteiger charge is 2.49. The second-order valence-corrected chi connectivity index (χ2v) is 35.1. The van der Waals surface area contributed by atoms with Gasteiger partial charge in [-0.05, 0) is 75.8 Å². The van der Waals surface area contributed by atoms with E-state index in [2.05, 4.69) is 70.2 Å². The number of hydrogen-bond acceptors (Lipinski definition) is 34. The molecule has 4 saturated heterocycles. The molecule has 0 bridgehead atoms. The number of aliphatic hydroxyl groups excluding tert-OH is 9. The number of nitrogens with two attached hydrogens (primary N) is 1. The van der Waals surface area contributed by atoms with Crippen molar-refractivity contribution in [2.75, 3.05) is 163 Å². The van der Waals surface area contributed by atoms with Crippen LogP contribution in [-0.4, -0.2) is 354 Å². The fourth-order valence-electron chi connectivity index (χ4n) is 16.1. The maximum Gasteiger partial charge on any atom is 0.376 e. The van der Waals surface area contributed by atoms with Crippen molar-refractivity contribution in [3.8, 4) is 12.5 Å². The lowest BCUT2D eigenvalue weighted by Gasteiger charge is -2.42. The van der Waals surface area contributed by atoms with Gasteiger partial charge in [0, 0.05) is 135 Å². The summed E-state index contributed by atoms with van der Waals surface area (Å²) >= 11 is 0. The summed E-state index contributed by atoms with van der Waals surface area (Å²) in [5, 5.41) is 115. The predicted octanol–water partition coefficient (Wildman–Crippen LogP) is -0.398. The van der Waals surface area contributed by atoms with Crippen molar-refractivity contribution in [1.82, 2.24) is 47.4 Å². The SMILES string of the molecule is C#CO[PH](=O)OCCCCCCCN1Cc2ccccc2/C(N)=C(/NCCOCCOCC(=O)N2CCC(C(=O)NC(COCCC(=O)NCCCCCCOC3OC(CO)C(O)C(O)C3NC(C)=O)(COCCC(=O)NCCCCCCOC3OC(CO)C(O)C(O)C3NC(C)=O)COCCC(=O)NCCCCCCOC3OC(CO)C(O)C(O)C3NC(C)=O)CC2)c2ccccc21. The van der Waals surface area contributed by atoms with Crippen LogP contribution >= 0.6 is 8.25 Å². The van der Waals surface area contributed by atoms with Crippen LogP contribution in [-0.2, 0) is 111 Å². The minimum absolute atomic E-state index is 0.0893. The predicted molar refractivity (Wildman–Crippen MR) is 487 cm³/mol. The quantitative estimate of drug-likeness (QED) is 0.0228. The Hall–Kier alpha value is -7.91. The fraction of sp³-hybridized carbons (Fsp3) is 0.736. The molecule has 43 heteroatoms. The van der Waals surface area contributed by atoms with Crippen LogP contribution in [0.15, 0.2) is 48.5 Å². The van der Waals surface area contributed by atoms with E-state index in [1.165, 1.54) is 20.8 Å². The normalized spacial score (nSPS) is 24.3. The second kappa shape index (κ2) is 63.6. The number of carbonyl (C=O) groups excluding carboxylic acids is 8. The standard InChI is InChI=1S/C91H148N11O31P/c1-5-129-134(120)130-46-26-11-6-10-22-40-102-53-65-27-15-16-28-66(65)76(92)77(67-29-17-18-30-68(67)102)96-39-50-121-51-52-122-57-75(112)101-41-31-64(32-42-101)87(119)100-91(58-123-47-33-72(109)93-36-19-7-12-23-43-126-88-78(97-61(2)106)84(116)81(113)69(54-103)131-88,59-124-48-34-73(110)94-37-20-8-13-24-44-127-89-79(98-62(3)107)85(117)82(114)70(55-104)132-89)60-125-49-35-74(111)95-38-21-9-14-25-45-128-90-80(99-63(4)108)86(118)83(115)71(56-105)133-90/h1,15-18,27-30,64,69-71,78-86,88-90,96,103-105,113-118,134H,6-14,19-26,31-60,92H2,2-4H3,(H,93,109)(H,94,110)(H,95,111)(H,97,106)(H,98,107)(H,99,108)(H,100,119)/b77-76-. The highest BCUT2D eigenvalue weighted by Crippen LogP contribution is 2.36. The van der Waals surface area contributed by atoms with E-state index in [0.29, 0.717) is 129 Å². The van der Waals surface area contributed by atoms with Gasteiger partial charge in [0.25, 0.3) is 0 Å². The van der Waals surface area contributed by atoms with E-state index >= 15 is 0 Å². The summed E-state index contributed by atoms with van der Waals surface area (Å²) in [7, 11) is -2.67. The number of terminal acetylenes is 1. The van der Waals surface area contributed by atoms with Crippen LogP contribution in [0.3, 0.4) is 0 Å². The van der Waals surface area contributed by atoms with Gasteiger partial charge in [0.1, 0.15) is 91.3 Å². The monoisotopic (exact) mass is 1920 g/mol. The molecule has 5 heterocycles. The smallest absolute Gasteiger partial charge is 0.376 e. The average molecular weight is 1920 g/mol. The average Bonchev–Trinajstić information content (AvgIpc) is 0.587. The molecule has 4 fully saturated rings. The van der Waals surface area contributed by atoms with Crippen LogP contribution in [0.25, 0.3) is 11.4 Å². The van der Waals surface area contributed by atoms with Gasteiger partial charge < -0.3 is 165 Å². The van der Waals surface area contributed by atoms with Gasteiger partial charge in [-0.3, -0.25) is 38.4 Å². The maximum absolute atomic E-state index is 14.8. The molecular weight excluding hydrogens is 1770 g/mol. The molecule has 2 aromatic carbocycles. The molecule has 19 N–H and O–H groups in total. The first-order valence-electron chi connectivity index (χ1n) is 47.0. The third-order valence-electron chi connectivity index (χ3n) is 23.5. The minimum atomic E-state index is -2.67. The van der Waals surface area contributed by atoms with Crippen LogP contribution in [0, 0.1) is 18.4 Å². The number of nitrogens with zero attached hydrogens (tertiary/aromatic N) is 2. The van der Waals surface area contributed by atoms with E-state index in [0.717, 1.165) is 66.7 Å². The number of hydrogen-bond donors (Lipinski definition) is 18. The fourth-order valence-corrected chi connectivity index (χ4v) is 16.6. The molecule has 42 nitrogen and oxygen atoms in total. The summed E-state index contributed by atoms with van der Waals surface area (Å²) < 4.78 is 86.4. The zero-order valence-corrected chi connectivity index (χ0v) is 78.6. The maximum atomic E-state index is 14.8. The molecule has 0 spiro atoms. The third kappa shape index (κ3) is 39.9. The van der Waals surface area contributed by atoms with Crippen LogP contribution < -0.4 is 53.2 Å². The van der Waals surface area contributed by atoms with E-state index in [9.17, 15) is 88.9 Å². The van der Waals surface area contributed by atoms with Gasteiger partial charge in [-0.1, -0.05) is 107 Å². The van der Waals surface area contributed by atoms with Gasteiger partial charge >= 0.3 is 8.25 Å². The molecule has 7 rings (SSSR count). The number of carbonyl (C=O) groups is 8. The van der Waals surface area contributed by atoms with Crippen molar-refractivity contribution in [2.24, 2.45) is 11.7 Å². The zero-order chi connectivity index (χ0) is 97.0. The number of fused-ring (bicyclic) bond motifs is 2. The summed E-state index contributed by atoms with van der Waals surface area (Å²) in [6, 6.07) is 13.0. The van der Waals surface area contributed by atoms with Crippen LogP contribution in [0.4, 0.5) is 5.69 Å². The van der Waals surface area contributed by atoms with E-state index < -0.39 is 155 Å². The van der Waals surface area contributed by atoms with Gasteiger partial charge in [0.15, 0.2) is 18.9 Å². The molecule has 0 aliphatic carbocycles. The molecule has 134 heavy (non-hydrogen) atoms. The summed E-state index contributed by atoms with van der Waals surface area (Å²) in [6.07, 6.45) is 3.81. The Labute approximate surface area is 785 Å². The van der Waals surface area contributed by atoms with Crippen LogP contribution in [0.2, 0.25) is 0 Å². The van der Waals surface area contributed by atoms with Crippen molar-refractivity contribution in [3.05, 3.63) is 65.2 Å². The Bertz CT molecular complexity index is 3700. The Balaban J connectivity index is 0.919. The molecule has 8 amide bonds. The Morgan fingerprint density at radius 2 is 0.903 bits per heavy atom. The van der Waals surface area contributed by atoms with Crippen molar-refractivity contribution in [2.45, 2.75) is 266 Å². The van der Waals surface area contributed by atoms with E-state index in [4.69, 9.17) is 68.8 Å². The molecule has 2 aromatic rings. The van der Waals surface area contributed by atoms with E-state index in [1.807, 2.05) is 36.4 Å². The number of nitrogens with one attached hydrogen (secondary N) is 8. The number of likely N-dealkylation sites (tertiary alicyclic amines) is 1. The number of piperidine rings is 1. The molecule has 0 radical (unpaired) electrons. The number of rotatable bonds is 66. The molecule has 0 saturated carbocycles. The van der Waals surface area contributed by atoms with Crippen molar-refractivity contribution < 1.29 is 150 Å². The second-order valence-electron chi connectivity index (χ2n) is 34.1. The van der Waals surface area contributed by atoms with Gasteiger partial charge in [0.05, 0.1) is 97.3 Å². The van der Waals surface area contributed by atoms with Gasteiger partial charge in [-0.25, -0.2) is 4.57 Å². The van der Waals surface area contributed by atoms with E-state index in [1.54, 1.807) is 4.90 Å². The van der Waals surface area contributed by atoms with Crippen LogP contribution in [0.5, 0.6) is 0 Å². The first kappa shape index (κ1) is 113. The zero-order valence-electron chi connectivity index (χ0n) is 77.6. The summed E-state index contributed by atoms with van der Waals surface area (Å²) in [5.74, 6) is -3.70. The molecular formula is C91H148N11O31P. The number of para-hydroxylation sites is 1. The highest BCUT2D eigenvalue weighted by molar-refractivity contribution is 7.33. The first-order chi connectivity index (χ1) is 64.7. The Kier molecular flexibility index (Phi) is 53.6. The molecule has 0 aromatic heterocycles. The lowest BCUT2D eigenvalue weighted by atomic mass is 9.93. The van der Waals surface area contributed by atoms with Crippen molar-refractivity contribution in [1.29, 1.82) is 0 Å². The topological polar surface area (TPSA) is 584 Å².